The third-order valence-corrected chi connectivity index (χ3v) is 7.16. The molecule has 1 heterocycles. The molecule has 1 aliphatic heterocycles. The van der Waals surface area contributed by atoms with Crippen LogP contribution in [0.5, 0.6) is 11.5 Å². The molecule has 0 radical (unpaired) electrons. The summed E-state index contributed by atoms with van der Waals surface area (Å²) in [5.74, 6) is -1.01. The summed E-state index contributed by atoms with van der Waals surface area (Å²) in [5.41, 5.74) is 0.127. The number of methoxy groups -OCH3 is 1. The topological polar surface area (TPSA) is 59.0 Å². The highest BCUT2D eigenvalue weighted by Crippen LogP contribution is 2.41. The summed E-state index contributed by atoms with van der Waals surface area (Å²) in [6.07, 6.45) is 0.961. The lowest BCUT2D eigenvalue weighted by molar-refractivity contribution is -0.143. The number of carboxylic acids is 1. The van der Waals surface area contributed by atoms with Gasteiger partial charge in [0.25, 0.3) is 0 Å². The standard InChI is InChI=1S/C29H32FNO4/c1-28(2,31-19-23(20-31)35-25-16-10-15-24(34-3)26(25)30)17-18-29(27(32)33,21-11-6-4-7-12-21)22-13-8-5-9-14-22/h4-16,23H,17-20H2,1-3H3,(H,32,33). The normalized spacial score (nSPS) is 14.9. The van der Waals surface area contributed by atoms with Gasteiger partial charge in [-0.25, -0.2) is 0 Å². The average Bonchev–Trinajstić information content (AvgIpc) is 2.83. The van der Waals surface area contributed by atoms with E-state index in [0.717, 1.165) is 11.1 Å². The molecule has 3 aromatic rings. The van der Waals surface area contributed by atoms with Crippen LogP contribution in [0.2, 0.25) is 0 Å². The third-order valence-electron chi connectivity index (χ3n) is 7.16. The summed E-state index contributed by atoms with van der Waals surface area (Å²) in [7, 11) is 1.43. The van der Waals surface area contributed by atoms with Crippen LogP contribution in [0.15, 0.2) is 78.9 Å². The van der Waals surface area contributed by atoms with Crippen molar-refractivity contribution in [1.29, 1.82) is 0 Å². The molecule has 1 fully saturated rings. The van der Waals surface area contributed by atoms with Crippen molar-refractivity contribution in [3.63, 3.8) is 0 Å². The maximum atomic E-state index is 14.5. The monoisotopic (exact) mass is 477 g/mol. The second-order valence-electron chi connectivity index (χ2n) is 9.67. The lowest BCUT2D eigenvalue weighted by Crippen LogP contribution is -2.62. The van der Waals surface area contributed by atoms with Crippen LogP contribution < -0.4 is 9.47 Å². The molecule has 4 rings (SSSR count). The number of ether oxygens (including phenoxy) is 2. The van der Waals surface area contributed by atoms with Crippen LogP contribution in [0, 0.1) is 5.82 Å². The molecule has 1 saturated heterocycles. The van der Waals surface area contributed by atoms with Crippen LogP contribution in [-0.2, 0) is 10.2 Å². The molecule has 0 atom stereocenters. The van der Waals surface area contributed by atoms with Gasteiger partial charge in [-0.05, 0) is 49.9 Å². The number of carbonyl (C=O) groups is 1. The van der Waals surface area contributed by atoms with Gasteiger partial charge in [0.2, 0.25) is 5.82 Å². The van der Waals surface area contributed by atoms with Crippen molar-refractivity contribution in [2.45, 2.75) is 43.7 Å². The minimum Gasteiger partial charge on any atom is -0.494 e. The van der Waals surface area contributed by atoms with Gasteiger partial charge in [-0.3, -0.25) is 9.69 Å². The number of rotatable bonds is 10. The molecule has 35 heavy (non-hydrogen) atoms. The predicted molar refractivity (Wildman–Crippen MR) is 134 cm³/mol. The summed E-state index contributed by atoms with van der Waals surface area (Å²) >= 11 is 0. The van der Waals surface area contributed by atoms with E-state index in [-0.39, 0.29) is 23.1 Å². The summed E-state index contributed by atoms with van der Waals surface area (Å²) in [6.45, 7) is 5.52. The highest BCUT2D eigenvalue weighted by Gasteiger charge is 2.45. The number of hydrogen-bond acceptors (Lipinski definition) is 4. The Balaban J connectivity index is 1.48. The molecule has 3 aromatic carbocycles. The van der Waals surface area contributed by atoms with Crippen LogP contribution in [0.3, 0.4) is 0 Å². The minimum atomic E-state index is -1.15. The SMILES string of the molecule is COc1cccc(OC2CN(C(C)(C)CCC(C(=O)O)(c3ccccc3)c3ccccc3)C2)c1F. The van der Waals surface area contributed by atoms with E-state index in [1.165, 1.54) is 7.11 Å². The van der Waals surface area contributed by atoms with Gasteiger partial charge in [-0.2, -0.15) is 4.39 Å². The predicted octanol–water partition coefficient (Wildman–Crippen LogP) is 5.53. The number of carboxylic acid groups (broad SMARTS) is 1. The zero-order valence-electron chi connectivity index (χ0n) is 20.4. The molecule has 0 amide bonds. The first-order valence-electron chi connectivity index (χ1n) is 11.9. The van der Waals surface area contributed by atoms with Crippen molar-refractivity contribution in [3.05, 3.63) is 95.8 Å². The first-order chi connectivity index (χ1) is 16.8. The van der Waals surface area contributed by atoms with Crippen molar-refractivity contribution >= 4 is 5.97 Å². The molecule has 0 spiro atoms. The third kappa shape index (κ3) is 4.89. The molecule has 0 unspecified atom stereocenters. The Morgan fingerprint density at radius 3 is 1.97 bits per heavy atom. The number of benzene rings is 3. The number of hydrogen-bond donors (Lipinski definition) is 1. The molecule has 5 nitrogen and oxygen atoms in total. The smallest absolute Gasteiger partial charge is 0.318 e. The Labute approximate surface area is 206 Å². The second kappa shape index (κ2) is 10.1. The van der Waals surface area contributed by atoms with Crippen molar-refractivity contribution in [1.82, 2.24) is 4.90 Å². The fraction of sp³-hybridized carbons (Fsp3) is 0.345. The van der Waals surface area contributed by atoms with Crippen LogP contribution in [-0.4, -0.2) is 47.8 Å². The Morgan fingerprint density at radius 2 is 1.46 bits per heavy atom. The molecule has 0 aromatic heterocycles. The largest absolute Gasteiger partial charge is 0.494 e. The zero-order chi connectivity index (χ0) is 25.1. The fourth-order valence-electron chi connectivity index (χ4n) is 4.83. The van der Waals surface area contributed by atoms with E-state index < -0.39 is 17.2 Å². The van der Waals surface area contributed by atoms with E-state index in [1.54, 1.807) is 18.2 Å². The lowest BCUT2D eigenvalue weighted by Gasteiger charge is -2.49. The quantitative estimate of drug-likeness (QED) is 0.416. The Hall–Kier alpha value is -3.38. The van der Waals surface area contributed by atoms with E-state index in [1.807, 2.05) is 60.7 Å². The summed E-state index contributed by atoms with van der Waals surface area (Å²) in [4.78, 5) is 15.1. The fourth-order valence-corrected chi connectivity index (χ4v) is 4.83. The van der Waals surface area contributed by atoms with Gasteiger partial charge in [-0.15, -0.1) is 0 Å². The number of nitrogens with zero attached hydrogens (tertiary/aromatic N) is 1. The van der Waals surface area contributed by atoms with Crippen LogP contribution in [0.4, 0.5) is 4.39 Å². The minimum absolute atomic E-state index is 0.136. The summed E-state index contributed by atoms with van der Waals surface area (Å²) in [6, 6.07) is 23.8. The van der Waals surface area contributed by atoms with Gasteiger partial charge in [0.1, 0.15) is 11.5 Å². The van der Waals surface area contributed by atoms with Gasteiger partial charge in [0.05, 0.1) is 7.11 Å². The molecule has 1 aliphatic rings. The maximum Gasteiger partial charge on any atom is 0.318 e. The first kappa shape index (κ1) is 24.7. The van der Waals surface area contributed by atoms with E-state index in [2.05, 4.69) is 18.7 Å². The van der Waals surface area contributed by atoms with Crippen molar-refractivity contribution in [3.8, 4) is 11.5 Å². The average molecular weight is 478 g/mol. The highest BCUT2D eigenvalue weighted by molar-refractivity contribution is 5.86. The maximum absolute atomic E-state index is 14.5. The molecule has 0 bridgehead atoms. The first-order valence-corrected chi connectivity index (χ1v) is 11.9. The summed E-state index contributed by atoms with van der Waals surface area (Å²) < 4.78 is 25.4. The van der Waals surface area contributed by atoms with E-state index in [0.29, 0.717) is 25.9 Å². The van der Waals surface area contributed by atoms with E-state index >= 15 is 0 Å². The zero-order valence-corrected chi connectivity index (χ0v) is 20.4. The van der Waals surface area contributed by atoms with Gasteiger partial charge in [0.15, 0.2) is 11.5 Å². The molecular formula is C29H32FNO4. The van der Waals surface area contributed by atoms with Crippen molar-refractivity contribution in [2.75, 3.05) is 20.2 Å². The van der Waals surface area contributed by atoms with Crippen molar-refractivity contribution < 1.29 is 23.8 Å². The molecule has 0 saturated carbocycles. The van der Waals surface area contributed by atoms with Gasteiger partial charge in [0, 0.05) is 18.6 Å². The number of likely N-dealkylation sites (tertiary alicyclic amines) is 1. The summed E-state index contributed by atoms with van der Waals surface area (Å²) in [5, 5.41) is 10.5. The molecule has 1 N–H and O–H groups in total. The number of aliphatic carboxylic acids is 1. The van der Waals surface area contributed by atoms with E-state index in [4.69, 9.17) is 9.47 Å². The Morgan fingerprint density at radius 1 is 0.914 bits per heavy atom. The van der Waals surface area contributed by atoms with Crippen molar-refractivity contribution in [2.24, 2.45) is 0 Å². The van der Waals surface area contributed by atoms with Crippen LogP contribution >= 0.6 is 0 Å². The molecule has 0 aliphatic carbocycles. The molecule has 184 valence electrons. The highest BCUT2D eigenvalue weighted by atomic mass is 19.1. The Bertz CT molecular complexity index is 1100. The molecule has 6 heteroatoms. The number of halogens is 1. The second-order valence-corrected chi connectivity index (χ2v) is 9.67. The lowest BCUT2D eigenvalue weighted by atomic mass is 9.69. The van der Waals surface area contributed by atoms with Crippen LogP contribution in [0.1, 0.15) is 37.8 Å². The van der Waals surface area contributed by atoms with Gasteiger partial charge in [-0.1, -0.05) is 66.7 Å². The molecular weight excluding hydrogens is 445 g/mol. The van der Waals surface area contributed by atoms with Gasteiger partial charge < -0.3 is 14.6 Å². The Kier molecular flexibility index (Phi) is 7.13. The van der Waals surface area contributed by atoms with Gasteiger partial charge >= 0.3 is 5.97 Å². The van der Waals surface area contributed by atoms with E-state index in [9.17, 15) is 14.3 Å². The van der Waals surface area contributed by atoms with Crippen LogP contribution in [0.25, 0.3) is 0 Å².